The maximum Gasteiger partial charge on any atom is 0.334 e. The van der Waals surface area contributed by atoms with Crippen LogP contribution in [0.1, 0.15) is 10.4 Å². The molecule has 1 aromatic heterocycles. The number of aliphatic carboxylic acids is 1. The van der Waals surface area contributed by atoms with Crippen LogP contribution in [0.2, 0.25) is 0 Å². The number of hydrogen-bond acceptors (Lipinski definition) is 4. The first kappa shape index (κ1) is 13.8. The van der Waals surface area contributed by atoms with Crippen LogP contribution in [0.3, 0.4) is 0 Å². The lowest BCUT2D eigenvalue weighted by molar-refractivity contribution is -0.146. The molecule has 7 nitrogen and oxygen atoms in total. The highest BCUT2D eigenvalue weighted by molar-refractivity contribution is 5.99. The van der Waals surface area contributed by atoms with Crippen LogP contribution in [0.5, 0.6) is 0 Å². The highest BCUT2D eigenvalue weighted by atomic mass is 16.4. The Morgan fingerprint density at radius 3 is 2.65 bits per heavy atom. The first-order chi connectivity index (χ1) is 9.59. The molecule has 0 aliphatic carbocycles. The van der Waals surface area contributed by atoms with Crippen molar-refractivity contribution in [3.63, 3.8) is 0 Å². The minimum absolute atomic E-state index is 0.286. The number of hydrogen-bond donors (Lipinski definition) is 4. The number of aromatic amines is 1. The molecule has 0 aliphatic rings. The van der Waals surface area contributed by atoms with E-state index in [-0.39, 0.29) is 12.1 Å². The van der Waals surface area contributed by atoms with Gasteiger partial charge in [-0.3, -0.25) is 9.89 Å². The van der Waals surface area contributed by atoms with E-state index in [9.17, 15) is 9.59 Å². The predicted molar refractivity (Wildman–Crippen MR) is 70.0 cm³/mol. The number of carboxylic acids is 1. The van der Waals surface area contributed by atoms with E-state index in [1.54, 1.807) is 0 Å². The zero-order valence-corrected chi connectivity index (χ0v) is 10.4. The number of nitrogens with one attached hydrogen (secondary N) is 2. The Bertz CT molecular complexity index is 609. The summed E-state index contributed by atoms with van der Waals surface area (Å²) in [4.78, 5) is 22.4. The van der Waals surface area contributed by atoms with E-state index in [4.69, 9.17) is 10.2 Å². The Labute approximate surface area is 114 Å². The molecule has 0 spiro atoms. The van der Waals surface area contributed by atoms with Gasteiger partial charge in [0.2, 0.25) is 0 Å². The quantitative estimate of drug-likeness (QED) is 0.624. The molecule has 2 rings (SSSR count). The van der Waals surface area contributed by atoms with Gasteiger partial charge in [0.25, 0.3) is 5.91 Å². The molecule has 2 aromatic rings. The zero-order valence-electron chi connectivity index (χ0n) is 10.4. The third-order valence-electron chi connectivity index (χ3n) is 2.69. The molecule has 1 amide bonds. The number of H-pyrrole nitrogens is 1. The maximum atomic E-state index is 12.0. The van der Waals surface area contributed by atoms with E-state index >= 15 is 0 Å². The largest absolute Gasteiger partial charge is 0.479 e. The molecule has 1 heterocycles. The summed E-state index contributed by atoms with van der Waals surface area (Å²) >= 11 is 0. The zero-order chi connectivity index (χ0) is 14.5. The highest BCUT2D eigenvalue weighted by Crippen LogP contribution is 2.20. The molecule has 7 heteroatoms. The fourth-order valence-corrected chi connectivity index (χ4v) is 1.66. The number of aliphatic hydroxyl groups excluding tert-OH is 1. The third kappa shape index (κ3) is 3.01. The number of aliphatic hydroxyl groups is 1. The van der Waals surface area contributed by atoms with Crippen LogP contribution >= 0.6 is 0 Å². The molecule has 0 radical (unpaired) electrons. The monoisotopic (exact) mass is 275 g/mol. The van der Waals surface area contributed by atoms with E-state index < -0.39 is 18.0 Å². The number of carbonyl (C=O) groups excluding carboxylic acids is 1. The Morgan fingerprint density at radius 1 is 1.30 bits per heavy atom. The Hall–Kier alpha value is -2.67. The average molecular weight is 275 g/mol. The molecule has 4 N–H and O–H groups in total. The van der Waals surface area contributed by atoms with Crippen molar-refractivity contribution in [1.82, 2.24) is 15.5 Å². The standard InChI is InChI=1S/C13H13N3O4/c17-10(13(19)20)7-14-12(18)9-6-15-16-11(9)8-4-2-1-3-5-8/h1-6,10,17H,7H2,(H,14,18)(H,15,16)(H,19,20)/t10-/m0/s1. The van der Waals surface area contributed by atoms with Crippen molar-refractivity contribution >= 4 is 11.9 Å². The van der Waals surface area contributed by atoms with Crippen LogP contribution < -0.4 is 5.32 Å². The van der Waals surface area contributed by atoms with Gasteiger partial charge in [-0.25, -0.2) is 4.79 Å². The van der Waals surface area contributed by atoms with Gasteiger partial charge in [-0.05, 0) is 0 Å². The molecule has 0 saturated heterocycles. The summed E-state index contributed by atoms with van der Waals surface area (Å²) in [5, 5.41) is 26.5. The van der Waals surface area contributed by atoms with Gasteiger partial charge < -0.3 is 15.5 Å². The summed E-state index contributed by atoms with van der Waals surface area (Å²) in [5.74, 6) is -1.89. The topological polar surface area (TPSA) is 115 Å². The number of aromatic nitrogens is 2. The van der Waals surface area contributed by atoms with E-state index in [1.807, 2.05) is 30.3 Å². The van der Waals surface area contributed by atoms with Crippen molar-refractivity contribution < 1.29 is 19.8 Å². The Balaban J connectivity index is 2.12. The van der Waals surface area contributed by atoms with Gasteiger partial charge in [-0.1, -0.05) is 30.3 Å². The van der Waals surface area contributed by atoms with Gasteiger partial charge in [0.15, 0.2) is 6.10 Å². The van der Waals surface area contributed by atoms with Gasteiger partial charge in [-0.2, -0.15) is 5.10 Å². The second kappa shape index (κ2) is 5.98. The van der Waals surface area contributed by atoms with Gasteiger partial charge in [0.05, 0.1) is 24.0 Å². The van der Waals surface area contributed by atoms with Crippen LogP contribution in [-0.4, -0.2) is 44.9 Å². The normalized spacial score (nSPS) is 11.8. The summed E-state index contributed by atoms with van der Waals surface area (Å²) in [5.41, 5.74) is 1.61. The fourth-order valence-electron chi connectivity index (χ4n) is 1.66. The number of rotatable bonds is 5. The molecule has 0 fully saturated rings. The molecule has 104 valence electrons. The summed E-state index contributed by atoms with van der Waals surface area (Å²) in [6.45, 7) is -0.367. The van der Waals surface area contributed by atoms with E-state index in [1.165, 1.54) is 6.20 Å². The maximum absolute atomic E-state index is 12.0. The summed E-state index contributed by atoms with van der Waals surface area (Å²) in [7, 11) is 0. The second-order valence-corrected chi connectivity index (χ2v) is 4.09. The molecule has 1 aromatic carbocycles. The van der Waals surface area contributed by atoms with E-state index in [0.717, 1.165) is 5.56 Å². The van der Waals surface area contributed by atoms with Crippen molar-refractivity contribution in [2.24, 2.45) is 0 Å². The van der Waals surface area contributed by atoms with E-state index in [0.29, 0.717) is 5.69 Å². The lowest BCUT2D eigenvalue weighted by Gasteiger charge is -2.08. The number of carboxylic acid groups (broad SMARTS) is 1. The minimum atomic E-state index is -1.63. The van der Waals surface area contributed by atoms with Crippen LogP contribution in [0.25, 0.3) is 11.3 Å². The third-order valence-corrected chi connectivity index (χ3v) is 2.69. The first-order valence-electron chi connectivity index (χ1n) is 5.87. The molecule has 1 atom stereocenters. The second-order valence-electron chi connectivity index (χ2n) is 4.09. The van der Waals surface area contributed by atoms with Crippen LogP contribution in [0.15, 0.2) is 36.5 Å². The molecular formula is C13H13N3O4. The van der Waals surface area contributed by atoms with Crippen molar-refractivity contribution in [3.05, 3.63) is 42.1 Å². The lowest BCUT2D eigenvalue weighted by atomic mass is 10.1. The van der Waals surface area contributed by atoms with Gasteiger partial charge in [-0.15, -0.1) is 0 Å². The van der Waals surface area contributed by atoms with Crippen molar-refractivity contribution in [1.29, 1.82) is 0 Å². The van der Waals surface area contributed by atoms with Gasteiger partial charge >= 0.3 is 5.97 Å². The predicted octanol–water partition coefficient (Wildman–Crippen LogP) is 0.252. The average Bonchev–Trinajstić information content (AvgIpc) is 2.94. The molecule has 0 saturated carbocycles. The molecular weight excluding hydrogens is 262 g/mol. The lowest BCUT2D eigenvalue weighted by Crippen LogP contribution is -2.36. The van der Waals surface area contributed by atoms with Crippen LogP contribution in [0, 0.1) is 0 Å². The summed E-state index contributed by atoms with van der Waals surface area (Å²) in [6, 6.07) is 9.13. The van der Waals surface area contributed by atoms with Crippen molar-refractivity contribution in [2.45, 2.75) is 6.10 Å². The number of amides is 1. The van der Waals surface area contributed by atoms with Gasteiger partial charge in [0, 0.05) is 5.56 Å². The SMILES string of the molecule is O=C(NC[C@H](O)C(=O)O)c1cn[nH]c1-c1ccccc1. The number of nitrogens with zero attached hydrogens (tertiary/aromatic N) is 1. The number of benzene rings is 1. The van der Waals surface area contributed by atoms with Crippen molar-refractivity contribution in [3.8, 4) is 11.3 Å². The number of carbonyl (C=O) groups is 2. The molecule has 20 heavy (non-hydrogen) atoms. The Morgan fingerprint density at radius 2 is 2.00 bits per heavy atom. The molecule has 0 aliphatic heterocycles. The fraction of sp³-hybridized carbons (Fsp3) is 0.154. The van der Waals surface area contributed by atoms with Crippen LogP contribution in [-0.2, 0) is 4.79 Å². The summed E-state index contributed by atoms with van der Waals surface area (Å²) in [6.07, 6.45) is -0.281. The van der Waals surface area contributed by atoms with Gasteiger partial charge in [0.1, 0.15) is 0 Å². The first-order valence-corrected chi connectivity index (χ1v) is 5.87. The van der Waals surface area contributed by atoms with Crippen molar-refractivity contribution in [2.75, 3.05) is 6.54 Å². The van der Waals surface area contributed by atoms with Crippen LogP contribution in [0.4, 0.5) is 0 Å². The highest BCUT2D eigenvalue weighted by Gasteiger charge is 2.18. The Kier molecular flexibility index (Phi) is 4.11. The minimum Gasteiger partial charge on any atom is -0.479 e. The van der Waals surface area contributed by atoms with E-state index in [2.05, 4.69) is 15.5 Å². The molecule has 0 bridgehead atoms. The summed E-state index contributed by atoms with van der Waals surface area (Å²) < 4.78 is 0. The smallest absolute Gasteiger partial charge is 0.334 e. The molecule has 0 unspecified atom stereocenters.